The van der Waals surface area contributed by atoms with E-state index in [2.05, 4.69) is 10.3 Å². The van der Waals surface area contributed by atoms with Crippen LogP contribution in [0, 0.1) is 6.92 Å². The number of pyridine rings is 1. The Morgan fingerprint density at radius 3 is 2.62 bits per heavy atom. The number of halogens is 3. The third-order valence-corrected chi connectivity index (χ3v) is 1.87. The maximum atomic E-state index is 11.8. The van der Waals surface area contributed by atoms with E-state index < -0.39 is 25.0 Å². The molecule has 16 heavy (non-hydrogen) atoms. The summed E-state index contributed by atoms with van der Waals surface area (Å²) >= 11 is 0. The monoisotopic (exact) mass is 232 g/mol. The van der Waals surface area contributed by atoms with E-state index in [0.717, 1.165) is 5.69 Å². The van der Waals surface area contributed by atoms with Crippen molar-refractivity contribution in [2.75, 3.05) is 6.54 Å². The second-order valence-electron chi connectivity index (χ2n) is 3.31. The van der Waals surface area contributed by atoms with Gasteiger partial charge in [-0.25, -0.2) is 0 Å². The van der Waals surface area contributed by atoms with Gasteiger partial charge in [0.05, 0.1) is 12.0 Å². The van der Waals surface area contributed by atoms with Crippen LogP contribution in [0.4, 0.5) is 13.2 Å². The summed E-state index contributed by atoms with van der Waals surface area (Å²) in [4.78, 5) is 15.2. The Morgan fingerprint density at radius 1 is 1.44 bits per heavy atom. The first-order chi connectivity index (χ1) is 7.38. The van der Waals surface area contributed by atoms with E-state index in [1.165, 1.54) is 12.3 Å². The van der Waals surface area contributed by atoms with Crippen LogP contribution in [-0.2, 0) is 0 Å². The number of carbonyl (C=O) groups is 1. The number of alkyl halides is 3. The molecule has 0 radical (unpaired) electrons. The molecule has 0 fully saturated rings. The zero-order chi connectivity index (χ0) is 12.2. The number of rotatable bonds is 3. The van der Waals surface area contributed by atoms with Crippen molar-refractivity contribution in [3.63, 3.8) is 0 Å². The lowest BCUT2D eigenvalue weighted by Gasteiger charge is -2.07. The van der Waals surface area contributed by atoms with Gasteiger partial charge in [0.15, 0.2) is 0 Å². The molecular formula is C10H11F3N2O. The molecule has 1 aromatic rings. The van der Waals surface area contributed by atoms with Crippen molar-refractivity contribution in [2.24, 2.45) is 0 Å². The Labute approximate surface area is 90.7 Å². The van der Waals surface area contributed by atoms with Crippen molar-refractivity contribution in [2.45, 2.75) is 19.5 Å². The van der Waals surface area contributed by atoms with Crippen LogP contribution in [0.1, 0.15) is 22.5 Å². The summed E-state index contributed by atoms with van der Waals surface area (Å²) in [5, 5.41) is 2.18. The fourth-order valence-corrected chi connectivity index (χ4v) is 1.02. The molecule has 1 N–H and O–H groups in total. The highest BCUT2D eigenvalue weighted by molar-refractivity contribution is 5.93. The number of nitrogens with zero attached hydrogens (tertiary/aromatic N) is 1. The van der Waals surface area contributed by atoms with Gasteiger partial charge in [-0.15, -0.1) is 0 Å². The van der Waals surface area contributed by atoms with E-state index in [0.29, 0.717) is 0 Å². The lowest BCUT2D eigenvalue weighted by atomic mass is 10.2. The van der Waals surface area contributed by atoms with E-state index in [1.807, 2.05) is 0 Å². The van der Waals surface area contributed by atoms with Crippen molar-refractivity contribution in [1.82, 2.24) is 10.3 Å². The lowest BCUT2D eigenvalue weighted by Crippen LogP contribution is -2.27. The van der Waals surface area contributed by atoms with Gasteiger partial charge < -0.3 is 5.32 Å². The smallest absolute Gasteiger partial charge is 0.352 e. The number of carbonyl (C=O) groups excluding carboxylic acids is 1. The van der Waals surface area contributed by atoms with Crippen molar-refractivity contribution in [3.05, 3.63) is 29.6 Å². The molecule has 0 aliphatic carbocycles. The van der Waals surface area contributed by atoms with E-state index in [4.69, 9.17) is 0 Å². The average molecular weight is 232 g/mol. The maximum Gasteiger partial charge on any atom is 0.390 e. The lowest BCUT2D eigenvalue weighted by molar-refractivity contribution is -0.132. The molecule has 0 unspecified atom stereocenters. The van der Waals surface area contributed by atoms with Crippen LogP contribution in [0.2, 0.25) is 0 Å². The minimum Gasteiger partial charge on any atom is -0.352 e. The first-order valence-corrected chi connectivity index (χ1v) is 4.66. The molecular weight excluding hydrogens is 221 g/mol. The summed E-state index contributed by atoms with van der Waals surface area (Å²) < 4.78 is 35.4. The summed E-state index contributed by atoms with van der Waals surface area (Å²) in [5.74, 6) is -0.545. The van der Waals surface area contributed by atoms with Crippen molar-refractivity contribution in [1.29, 1.82) is 0 Å². The van der Waals surface area contributed by atoms with Gasteiger partial charge in [0.2, 0.25) is 0 Å². The minimum atomic E-state index is -4.25. The molecule has 88 valence electrons. The van der Waals surface area contributed by atoms with Gasteiger partial charge in [-0.3, -0.25) is 9.78 Å². The Bertz CT molecular complexity index is 359. The number of hydrogen-bond acceptors (Lipinski definition) is 2. The molecule has 3 nitrogen and oxygen atoms in total. The molecule has 0 aliphatic heterocycles. The predicted molar refractivity (Wildman–Crippen MR) is 52.0 cm³/mol. The van der Waals surface area contributed by atoms with Crippen LogP contribution >= 0.6 is 0 Å². The van der Waals surface area contributed by atoms with Gasteiger partial charge in [0.25, 0.3) is 5.91 Å². The molecule has 0 atom stereocenters. The number of nitrogens with one attached hydrogen (secondary N) is 1. The third kappa shape index (κ3) is 4.29. The zero-order valence-electron chi connectivity index (χ0n) is 8.64. The van der Waals surface area contributed by atoms with E-state index in [-0.39, 0.29) is 5.56 Å². The van der Waals surface area contributed by atoms with Gasteiger partial charge in [0.1, 0.15) is 0 Å². The molecule has 0 spiro atoms. The first-order valence-electron chi connectivity index (χ1n) is 4.66. The summed E-state index contributed by atoms with van der Waals surface area (Å²) in [6, 6.07) is 3.14. The number of hydrogen-bond donors (Lipinski definition) is 1. The zero-order valence-corrected chi connectivity index (χ0v) is 8.64. The van der Waals surface area contributed by atoms with Crippen LogP contribution in [0.5, 0.6) is 0 Å². The van der Waals surface area contributed by atoms with Crippen molar-refractivity contribution < 1.29 is 18.0 Å². The average Bonchev–Trinajstić information content (AvgIpc) is 2.16. The second-order valence-corrected chi connectivity index (χ2v) is 3.31. The highest BCUT2D eigenvalue weighted by Crippen LogP contribution is 2.18. The molecule has 1 amide bonds. The molecule has 6 heteroatoms. The SMILES string of the molecule is Cc1ccc(C(=O)NCCC(F)(F)F)cn1. The predicted octanol–water partition coefficient (Wildman–Crippen LogP) is 2.07. The Kier molecular flexibility index (Phi) is 3.87. The largest absolute Gasteiger partial charge is 0.390 e. The highest BCUT2D eigenvalue weighted by atomic mass is 19.4. The van der Waals surface area contributed by atoms with E-state index in [1.54, 1.807) is 13.0 Å². The number of aryl methyl sites for hydroxylation is 1. The normalized spacial score (nSPS) is 11.2. The van der Waals surface area contributed by atoms with Crippen LogP contribution < -0.4 is 5.32 Å². The third-order valence-electron chi connectivity index (χ3n) is 1.87. The van der Waals surface area contributed by atoms with Gasteiger partial charge in [-0.1, -0.05) is 0 Å². The van der Waals surface area contributed by atoms with Gasteiger partial charge >= 0.3 is 6.18 Å². The first kappa shape index (κ1) is 12.5. The standard InChI is InChI=1S/C10H11F3N2O/c1-7-2-3-8(6-15-7)9(16)14-5-4-10(11,12)13/h2-3,6H,4-5H2,1H3,(H,14,16). The summed E-state index contributed by atoms with van der Waals surface area (Å²) in [5.41, 5.74) is 1.000. The summed E-state index contributed by atoms with van der Waals surface area (Å²) in [7, 11) is 0. The van der Waals surface area contributed by atoms with Gasteiger partial charge in [0, 0.05) is 18.4 Å². The molecule has 0 aliphatic rings. The van der Waals surface area contributed by atoms with Crippen LogP contribution in [-0.4, -0.2) is 23.6 Å². The fourth-order valence-electron chi connectivity index (χ4n) is 1.02. The summed E-state index contributed by atoms with van der Waals surface area (Å²) in [6.07, 6.45) is -3.95. The molecule has 0 bridgehead atoms. The summed E-state index contributed by atoms with van der Waals surface area (Å²) in [6.45, 7) is 1.33. The molecule has 0 saturated heterocycles. The molecule has 1 aromatic heterocycles. The maximum absolute atomic E-state index is 11.8. The minimum absolute atomic E-state index is 0.257. The van der Waals surface area contributed by atoms with Crippen LogP contribution in [0.25, 0.3) is 0 Å². The second kappa shape index (κ2) is 4.96. The van der Waals surface area contributed by atoms with Crippen molar-refractivity contribution >= 4 is 5.91 Å². The Balaban J connectivity index is 2.44. The fraction of sp³-hybridized carbons (Fsp3) is 0.400. The van der Waals surface area contributed by atoms with E-state index >= 15 is 0 Å². The Morgan fingerprint density at radius 2 is 2.12 bits per heavy atom. The van der Waals surface area contributed by atoms with Crippen molar-refractivity contribution in [3.8, 4) is 0 Å². The molecule has 1 rings (SSSR count). The molecule has 0 aromatic carbocycles. The van der Waals surface area contributed by atoms with Gasteiger partial charge in [-0.05, 0) is 19.1 Å². The van der Waals surface area contributed by atoms with Crippen LogP contribution in [0.3, 0.4) is 0 Å². The number of amides is 1. The highest BCUT2D eigenvalue weighted by Gasteiger charge is 2.26. The molecule has 0 saturated carbocycles. The van der Waals surface area contributed by atoms with Gasteiger partial charge in [-0.2, -0.15) is 13.2 Å². The van der Waals surface area contributed by atoms with Crippen LogP contribution in [0.15, 0.2) is 18.3 Å². The van der Waals surface area contributed by atoms with E-state index in [9.17, 15) is 18.0 Å². The number of aromatic nitrogens is 1. The topological polar surface area (TPSA) is 42.0 Å². The Hall–Kier alpha value is -1.59. The quantitative estimate of drug-likeness (QED) is 0.866. The molecule has 1 heterocycles.